The first-order valence-electron chi connectivity index (χ1n) is 7.68. The molecule has 0 aliphatic rings. The molecule has 0 atom stereocenters. The fraction of sp³-hybridized carbons (Fsp3) is 0.333. The van der Waals surface area contributed by atoms with Gasteiger partial charge in [0, 0.05) is 18.8 Å². The molecule has 0 saturated heterocycles. The minimum Gasteiger partial charge on any atom is -0.497 e. The molecule has 2 rings (SSSR count). The highest BCUT2D eigenvalue weighted by molar-refractivity contribution is 5.78. The molecule has 0 aliphatic heterocycles. The fourth-order valence-corrected chi connectivity index (χ4v) is 2.04. The molecule has 0 radical (unpaired) electrons. The average Bonchev–Trinajstić information content (AvgIpc) is 2.59. The van der Waals surface area contributed by atoms with Crippen LogP contribution in [0.5, 0.6) is 11.6 Å². The van der Waals surface area contributed by atoms with Crippen molar-refractivity contribution in [1.82, 2.24) is 10.3 Å². The van der Waals surface area contributed by atoms with Gasteiger partial charge in [0.05, 0.1) is 20.1 Å². The number of nitrogens with zero attached hydrogens (tertiary/aromatic N) is 1. The van der Waals surface area contributed by atoms with Crippen LogP contribution in [-0.2, 0) is 17.8 Å². The third kappa shape index (κ3) is 5.62. The molecule has 122 valence electrons. The predicted octanol–water partition coefficient (Wildman–Crippen LogP) is 2.74. The summed E-state index contributed by atoms with van der Waals surface area (Å²) in [4.78, 5) is 16.1. The second kappa shape index (κ2) is 8.78. The largest absolute Gasteiger partial charge is 0.497 e. The lowest BCUT2D eigenvalue weighted by Gasteiger charge is -2.08. The van der Waals surface area contributed by atoms with Crippen molar-refractivity contribution in [3.8, 4) is 11.6 Å². The van der Waals surface area contributed by atoms with E-state index in [2.05, 4.69) is 10.3 Å². The number of amides is 1. The maximum absolute atomic E-state index is 12.0. The molecule has 1 heterocycles. The molecule has 0 bridgehead atoms. The number of pyridine rings is 1. The number of carbonyl (C=O) groups is 1. The van der Waals surface area contributed by atoms with Gasteiger partial charge >= 0.3 is 0 Å². The lowest BCUT2D eigenvalue weighted by Crippen LogP contribution is -2.24. The Hall–Kier alpha value is -2.56. The van der Waals surface area contributed by atoms with Gasteiger partial charge in [-0.15, -0.1) is 0 Å². The molecule has 23 heavy (non-hydrogen) atoms. The van der Waals surface area contributed by atoms with Gasteiger partial charge in [0.1, 0.15) is 5.75 Å². The van der Waals surface area contributed by atoms with Crippen LogP contribution < -0.4 is 14.8 Å². The Bertz CT molecular complexity index is 626. The van der Waals surface area contributed by atoms with Crippen molar-refractivity contribution in [2.45, 2.75) is 26.3 Å². The lowest BCUT2D eigenvalue weighted by molar-refractivity contribution is -0.120. The third-order valence-corrected chi connectivity index (χ3v) is 3.27. The summed E-state index contributed by atoms with van der Waals surface area (Å²) < 4.78 is 10.6. The van der Waals surface area contributed by atoms with Gasteiger partial charge in [0.15, 0.2) is 0 Å². The van der Waals surface area contributed by atoms with Crippen molar-refractivity contribution in [1.29, 1.82) is 0 Å². The fourth-order valence-electron chi connectivity index (χ4n) is 2.04. The van der Waals surface area contributed by atoms with Crippen molar-refractivity contribution >= 4 is 5.91 Å². The van der Waals surface area contributed by atoms with Crippen molar-refractivity contribution in [2.24, 2.45) is 0 Å². The smallest absolute Gasteiger partial charge is 0.224 e. The zero-order chi connectivity index (χ0) is 16.5. The number of rotatable bonds is 8. The summed E-state index contributed by atoms with van der Waals surface area (Å²) in [5.74, 6) is 1.35. The van der Waals surface area contributed by atoms with Crippen molar-refractivity contribution in [3.05, 3.63) is 53.7 Å². The van der Waals surface area contributed by atoms with Crippen LogP contribution in [0.1, 0.15) is 24.5 Å². The van der Waals surface area contributed by atoms with Gasteiger partial charge < -0.3 is 14.8 Å². The molecule has 0 unspecified atom stereocenters. The summed E-state index contributed by atoms with van der Waals surface area (Å²) in [7, 11) is 1.62. The number of hydrogen-bond donors (Lipinski definition) is 1. The zero-order valence-electron chi connectivity index (χ0n) is 13.5. The molecule has 2 aromatic rings. The molecule has 0 fully saturated rings. The summed E-state index contributed by atoms with van der Waals surface area (Å²) in [6, 6.07) is 11.2. The summed E-state index contributed by atoms with van der Waals surface area (Å²) in [5.41, 5.74) is 1.92. The van der Waals surface area contributed by atoms with E-state index in [0.717, 1.165) is 23.3 Å². The van der Waals surface area contributed by atoms with E-state index in [1.165, 1.54) is 0 Å². The topological polar surface area (TPSA) is 60.5 Å². The standard InChI is InChI=1S/C18H22N2O3/c1-3-10-23-18-12-15(8-9-19-18)13-20-17(21)11-14-4-6-16(22-2)7-5-14/h4-9,12H,3,10-11,13H2,1-2H3,(H,20,21). The maximum Gasteiger partial charge on any atom is 0.224 e. The molecule has 5 heteroatoms. The monoisotopic (exact) mass is 314 g/mol. The van der Waals surface area contributed by atoms with Gasteiger partial charge in [-0.25, -0.2) is 4.98 Å². The molecule has 1 N–H and O–H groups in total. The van der Waals surface area contributed by atoms with E-state index in [1.54, 1.807) is 13.3 Å². The molecule has 0 saturated carbocycles. The van der Waals surface area contributed by atoms with Gasteiger partial charge in [0.25, 0.3) is 0 Å². The molecule has 1 amide bonds. The number of nitrogens with one attached hydrogen (secondary N) is 1. The number of hydrogen-bond acceptors (Lipinski definition) is 4. The van der Waals surface area contributed by atoms with Crippen LogP contribution in [0.3, 0.4) is 0 Å². The quantitative estimate of drug-likeness (QED) is 0.814. The van der Waals surface area contributed by atoms with Gasteiger partial charge in [-0.3, -0.25) is 4.79 Å². The van der Waals surface area contributed by atoms with Gasteiger partial charge in [-0.2, -0.15) is 0 Å². The second-order valence-electron chi connectivity index (χ2n) is 5.15. The first-order valence-corrected chi connectivity index (χ1v) is 7.68. The highest BCUT2D eigenvalue weighted by atomic mass is 16.5. The van der Waals surface area contributed by atoms with E-state index in [1.807, 2.05) is 43.3 Å². The number of aromatic nitrogens is 1. The van der Waals surface area contributed by atoms with Crippen molar-refractivity contribution in [2.75, 3.05) is 13.7 Å². The van der Waals surface area contributed by atoms with E-state index in [0.29, 0.717) is 25.5 Å². The third-order valence-electron chi connectivity index (χ3n) is 3.27. The molecule has 1 aromatic carbocycles. The number of methoxy groups -OCH3 is 1. The highest BCUT2D eigenvalue weighted by Crippen LogP contribution is 2.12. The first kappa shape index (κ1) is 16.8. The van der Waals surface area contributed by atoms with Crippen LogP contribution in [0.2, 0.25) is 0 Å². The average molecular weight is 314 g/mol. The Morgan fingerprint density at radius 2 is 1.96 bits per heavy atom. The summed E-state index contributed by atoms with van der Waals surface area (Å²) in [6.45, 7) is 3.14. The molecule has 1 aromatic heterocycles. The van der Waals surface area contributed by atoms with Crippen LogP contribution >= 0.6 is 0 Å². The van der Waals surface area contributed by atoms with E-state index in [9.17, 15) is 4.79 Å². The molecular weight excluding hydrogens is 292 g/mol. The van der Waals surface area contributed by atoms with Crippen molar-refractivity contribution < 1.29 is 14.3 Å². The Morgan fingerprint density at radius 3 is 2.65 bits per heavy atom. The zero-order valence-corrected chi connectivity index (χ0v) is 13.5. The molecule has 5 nitrogen and oxygen atoms in total. The maximum atomic E-state index is 12.0. The first-order chi connectivity index (χ1) is 11.2. The Labute approximate surface area is 136 Å². The Morgan fingerprint density at radius 1 is 1.17 bits per heavy atom. The lowest BCUT2D eigenvalue weighted by atomic mass is 10.1. The van der Waals surface area contributed by atoms with E-state index in [-0.39, 0.29) is 5.91 Å². The van der Waals surface area contributed by atoms with Crippen molar-refractivity contribution in [3.63, 3.8) is 0 Å². The predicted molar refractivity (Wildman–Crippen MR) is 88.6 cm³/mol. The minimum atomic E-state index is -0.0250. The summed E-state index contributed by atoms with van der Waals surface area (Å²) in [6.07, 6.45) is 2.97. The molecular formula is C18H22N2O3. The summed E-state index contributed by atoms with van der Waals surface area (Å²) >= 11 is 0. The minimum absolute atomic E-state index is 0.0250. The molecule has 0 spiro atoms. The van der Waals surface area contributed by atoms with Gasteiger partial charge in [-0.05, 0) is 35.7 Å². The number of carbonyl (C=O) groups excluding carboxylic acids is 1. The van der Waals surface area contributed by atoms with Gasteiger partial charge in [0.2, 0.25) is 11.8 Å². The normalized spacial score (nSPS) is 10.2. The number of benzene rings is 1. The van der Waals surface area contributed by atoms with E-state index in [4.69, 9.17) is 9.47 Å². The van der Waals surface area contributed by atoms with Crippen LogP contribution in [0.15, 0.2) is 42.6 Å². The van der Waals surface area contributed by atoms with Crippen LogP contribution in [0, 0.1) is 0 Å². The number of ether oxygens (including phenoxy) is 2. The second-order valence-corrected chi connectivity index (χ2v) is 5.15. The van der Waals surface area contributed by atoms with E-state index < -0.39 is 0 Å². The van der Waals surface area contributed by atoms with Crippen LogP contribution in [0.4, 0.5) is 0 Å². The summed E-state index contributed by atoms with van der Waals surface area (Å²) in [5, 5.41) is 2.91. The Balaban J connectivity index is 1.83. The Kier molecular flexibility index (Phi) is 6.41. The highest BCUT2D eigenvalue weighted by Gasteiger charge is 2.05. The van der Waals surface area contributed by atoms with Crippen LogP contribution in [-0.4, -0.2) is 24.6 Å². The van der Waals surface area contributed by atoms with Gasteiger partial charge in [-0.1, -0.05) is 19.1 Å². The van der Waals surface area contributed by atoms with Crippen LogP contribution in [0.25, 0.3) is 0 Å². The molecule has 0 aliphatic carbocycles. The van der Waals surface area contributed by atoms with E-state index >= 15 is 0 Å². The SMILES string of the molecule is CCCOc1cc(CNC(=O)Cc2ccc(OC)cc2)ccn1.